The summed E-state index contributed by atoms with van der Waals surface area (Å²) in [5.74, 6) is 0.770. The van der Waals surface area contributed by atoms with Gasteiger partial charge in [-0.3, -0.25) is 0 Å². The Balaban J connectivity index is 1.89. The maximum absolute atomic E-state index is 11.2. The van der Waals surface area contributed by atoms with Crippen molar-refractivity contribution in [2.75, 3.05) is 13.2 Å². The number of hydrogen-bond acceptors (Lipinski definition) is 2. The van der Waals surface area contributed by atoms with Crippen LogP contribution in [0.5, 0.6) is 0 Å². The summed E-state index contributed by atoms with van der Waals surface area (Å²) in [6, 6.07) is 33.2. The summed E-state index contributed by atoms with van der Waals surface area (Å²) in [6.07, 6.45) is 1.67. The van der Waals surface area contributed by atoms with Crippen LogP contribution in [0.25, 0.3) is 0 Å². The first-order valence-electron chi connectivity index (χ1n) is 10.0. The predicted octanol–water partition coefficient (Wildman–Crippen LogP) is 3.01. The summed E-state index contributed by atoms with van der Waals surface area (Å²) in [7, 11) is 0. The molecule has 1 aliphatic rings. The van der Waals surface area contributed by atoms with Crippen molar-refractivity contribution in [1.29, 1.82) is 0 Å². The van der Waals surface area contributed by atoms with Crippen molar-refractivity contribution >= 4 is 35.4 Å². The first kappa shape index (κ1) is 19.4. The molecule has 0 unspecified atom stereocenters. The SMILES string of the molecule is O=CC[C@H]1COC[C@@H]1[CH2][Sn]([c]1ccccc1)([c]1ccccc1)[c]1ccccc1. The van der Waals surface area contributed by atoms with Crippen molar-refractivity contribution in [2.45, 2.75) is 10.9 Å². The monoisotopic (exact) mass is 478 g/mol. The molecule has 142 valence electrons. The molecule has 3 aromatic carbocycles. The van der Waals surface area contributed by atoms with Gasteiger partial charge in [0.1, 0.15) is 0 Å². The minimum absolute atomic E-state index is 0.338. The van der Waals surface area contributed by atoms with Crippen molar-refractivity contribution in [2.24, 2.45) is 11.8 Å². The van der Waals surface area contributed by atoms with Gasteiger partial charge in [-0.2, -0.15) is 0 Å². The molecule has 0 amide bonds. The minimum atomic E-state index is -3.27. The number of benzene rings is 3. The van der Waals surface area contributed by atoms with Crippen molar-refractivity contribution < 1.29 is 9.53 Å². The average molecular weight is 477 g/mol. The van der Waals surface area contributed by atoms with Gasteiger partial charge in [-0.15, -0.1) is 0 Å². The molecule has 1 fully saturated rings. The Morgan fingerprint density at radius 2 is 1.14 bits per heavy atom. The van der Waals surface area contributed by atoms with Crippen LogP contribution in [-0.4, -0.2) is 37.9 Å². The Hall–Kier alpha value is -1.91. The molecule has 0 radical (unpaired) electrons. The van der Waals surface area contributed by atoms with E-state index in [1.807, 2.05) is 0 Å². The van der Waals surface area contributed by atoms with Crippen LogP contribution in [0.4, 0.5) is 0 Å². The summed E-state index contributed by atoms with van der Waals surface area (Å²) < 4.78 is 11.5. The Kier molecular flexibility index (Phi) is 6.28. The van der Waals surface area contributed by atoms with E-state index < -0.39 is 18.4 Å². The van der Waals surface area contributed by atoms with E-state index in [0.717, 1.165) is 17.3 Å². The van der Waals surface area contributed by atoms with Crippen LogP contribution >= 0.6 is 0 Å². The van der Waals surface area contributed by atoms with Crippen LogP contribution in [-0.2, 0) is 9.53 Å². The van der Waals surface area contributed by atoms with Crippen molar-refractivity contribution in [3.63, 3.8) is 0 Å². The van der Waals surface area contributed by atoms with Crippen molar-refractivity contribution in [3.05, 3.63) is 91.0 Å². The number of ether oxygens (including phenoxy) is 1. The number of rotatable bonds is 7. The van der Waals surface area contributed by atoms with Crippen LogP contribution in [0.15, 0.2) is 91.0 Å². The summed E-state index contributed by atoms with van der Waals surface area (Å²) >= 11 is -3.27. The molecule has 3 heteroatoms. The standard InChI is InChI=1S/C7H11O2.3C6H5.Sn/c1-6-4-9-5-7(6)2-3-8;3*1-2-4-6-5-3-1;/h3,6-7H,1-2,4-5H2;3*1-5H;/t6-,7-;;;;/m0..../s1. The second kappa shape index (κ2) is 9.06. The zero-order chi connectivity index (χ0) is 19.2. The number of carbonyl (C=O) groups excluding carboxylic acids is 1. The van der Waals surface area contributed by atoms with E-state index in [-0.39, 0.29) is 0 Å². The number of aldehydes is 1. The molecular weight excluding hydrogens is 451 g/mol. The second-order valence-electron chi connectivity index (χ2n) is 7.67. The fraction of sp³-hybridized carbons (Fsp3) is 0.240. The van der Waals surface area contributed by atoms with Gasteiger partial charge in [0.15, 0.2) is 0 Å². The summed E-state index contributed by atoms with van der Waals surface area (Å²) in [5, 5.41) is 0. The van der Waals surface area contributed by atoms with E-state index in [1.165, 1.54) is 10.7 Å². The molecule has 0 N–H and O–H groups in total. The number of carbonyl (C=O) groups is 1. The first-order chi connectivity index (χ1) is 13.8. The Morgan fingerprint density at radius 1 is 0.714 bits per heavy atom. The molecule has 4 rings (SSSR count). The Morgan fingerprint density at radius 3 is 1.57 bits per heavy atom. The maximum atomic E-state index is 11.2. The van der Waals surface area contributed by atoms with Gasteiger partial charge in [-0.25, -0.2) is 0 Å². The van der Waals surface area contributed by atoms with Gasteiger partial charge in [-0.05, 0) is 0 Å². The molecule has 0 aromatic heterocycles. The van der Waals surface area contributed by atoms with Crippen LogP contribution in [0.1, 0.15) is 6.42 Å². The van der Waals surface area contributed by atoms with Crippen LogP contribution in [0.3, 0.4) is 0 Å². The van der Waals surface area contributed by atoms with E-state index in [2.05, 4.69) is 91.0 Å². The average Bonchev–Trinajstić information content (AvgIpc) is 3.21. The third-order valence-electron chi connectivity index (χ3n) is 6.10. The van der Waals surface area contributed by atoms with Gasteiger partial charge in [0, 0.05) is 0 Å². The normalized spacial score (nSPS) is 19.4. The summed E-state index contributed by atoms with van der Waals surface area (Å²) in [4.78, 5) is 11.2. The summed E-state index contributed by atoms with van der Waals surface area (Å²) in [6.45, 7) is 1.48. The molecule has 1 heterocycles. The van der Waals surface area contributed by atoms with Gasteiger partial charge in [0.05, 0.1) is 0 Å². The Labute approximate surface area is 171 Å². The van der Waals surface area contributed by atoms with Gasteiger partial charge in [0.25, 0.3) is 0 Å². The predicted molar refractivity (Wildman–Crippen MR) is 117 cm³/mol. The van der Waals surface area contributed by atoms with E-state index in [4.69, 9.17) is 4.74 Å². The topological polar surface area (TPSA) is 26.3 Å². The van der Waals surface area contributed by atoms with Gasteiger partial charge < -0.3 is 0 Å². The molecule has 0 aliphatic carbocycles. The third kappa shape index (κ3) is 3.81. The van der Waals surface area contributed by atoms with E-state index in [9.17, 15) is 4.79 Å². The van der Waals surface area contributed by atoms with Gasteiger partial charge in [0.2, 0.25) is 0 Å². The first-order valence-corrected chi connectivity index (χ1v) is 16.3. The quantitative estimate of drug-likeness (QED) is 0.387. The molecule has 3 aromatic rings. The van der Waals surface area contributed by atoms with Crippen LogP contribution in [0.2, 0.25) is 4.44 Å². The Bertz CT molecular complexity index is 784. The van der Waals surface area contributed by atoms with Crippen LogP contribution in [0, 0.1) is 11.8 Å². The van der Waals surface area contributed by atoms with Gasteiger partial charge in [-0.1, -0.05) is 0 Å². The second-order valence-corrected chi connectivity index (χ2v) is 18.9. The molecule has 2 atom stereocenters. The third-order valence-corrected chi connectivity index (χ3v) is 20.6. The zero-order valence-electron chi connectivity index (χ0n) is 16.0. The molecule has 1 saturated heterocycles. The van der Waals surface area contributed by atoms with Crippen LogP contribution < -0.4 is 10.7 Å². The van der Waals surface area contributed by atoms with E-state index in [0.29, 0.717) is 24.9 Å². The van der Waals surface area contributed by atoms with E-state index >= 15 is 0 Å². The molecule has 0 spiro atoms. The number of hydrogen-bond donors (Lipinski definition) is 0. The fourth-order valence-electron chi connectivity index (χ4n) is 4.67. The molecular formula is C25H26O2Sn. The van der Waals surface area contributed by atoms with Crippen molar-refractivity contribution in [1.82, 2.24) is 0 Å². The molecule has 0 saturated carbocycles. The fourth-order valence-corrected chi connectivity index (χ4v) is 19.6. The van der Waals surface area contributed by atoms with Gasteiger partial charge >= 0.3 is 172 Å². The zero-order valence-corrected chi connectivity index (χ0v) is 18.9. The molecule has 2 nitrogen and oxygen atoms in total. The molecule has 28 heavy (non-hydrogen) atoms. The molecule has 0 bridgehead atoms. The van der Waals surface area contributed by atoms with Crippen molar-refractivity contribution in [3.8, 4) is 0 Å². The molecule has 1 aliphatic heterocycles. The summed E-state index contributed by atoms with van der Waals surface area (Å²) in [5.41, 5.74) is 0. The van der Waals surface area contributed by atoms with E-state index in [1.54, 1.807) is 0 Å².